The van der Waals surface area contributed by atoms with Crippen molar-refractivity contribution in [2.45, 2.75) is 70.1 Å². The Morgan fingerprint density at radius 2 is 1.77 bits per heavy atom. The largest absolute Gasteiger partial charge is 0.361 e. The fraction of sp³-hybridized carbons (Fsp3) is 0.455. The molecule has 2 aromatic heterocycles. The van der Waals surface area contributed by atoms with Gasteiger partial charge in [0.15, 0.2) is 0 Å². The summed E-state index contributed by atoms with van der Waals surface area (Å²) in [5.41, 5.74) is 3.50. The highest BCUT2D eigenvalue weighted by molar-refractivity contribution is 5.97. The summed E-state index contributed by atoms with van der Waals surface area (Å²) in [5, 5.41) is 5.50. The highest BCUT2D eigenvalue weighted by atomic mass is 16.2. The van der Waals surface area contributed by atoms with Crippen molar-refractivity contribution < 1.29 is 4.79 Å². The minimum atomic E-state index is -0.236. The van der Waals surface area contributed by atoms with Gasteiger partial charge in [-0.1, -0.05) is 36.4 Å². The summed E-state index contributed by atoms with van der Waals surface area (Å²) < 4.78 is 1.74. The van der Waals surface area contributed by atoms with E-state index in [9.17, 15) is 9.59 Å². The Bertz CT molecular complexity index is 1560. The third kappa shape index (κ3) is 5.20. The lowest BCUT2D eigenvalue weighted by Crippen LogP contribution is -2.52. The van der Waals surface area contributed by atoms with Crippen molar-refractivity contribution in [2.75, 3.05) is 26.7 Å². The van der Waals surface area contributed by atoms with Crippen molar-refractivity contribution in [3.8, 4) is 0 Å². The zero-order chi connectivity index (χ0) is 27.8. The molecule has 2 saturated heterocycles. The lowest BCUT2D eigenvalue weighted by atomic mass is 9.96. The van der Waals surface area contributed by atoms with Gasteiger partial charge in [-0.05, 0) is 82.1 Å². The first-order valence-electron chi connectivity index (χ1n) is 14.8. The molecule has 4 aromatic rings. The number of pyridine rings is 1. The van der Waals surface area contributed by atoms with Crippen molar-refractivity contribution >= 4 is 27.7 Å². The Morgan fingerprint density at radius 3 is 2.55 bits per heavy atom. The molecule has 0 radical (unpaired) electrons. The van der Waals surface area contributed by atoms with Crippen molar-refractivity contribution in [1.29, 1.82) is 0 Å². The average Bonchev–Trinajstić information content (AvgIpc) is 3.46. The van der Waals surface area contributed by atoms with Crippen molar-refractivity contribution in [2.24, 2.45) is 0 Å². The van der Waals surface area contributed by atoms with E-state index in [0.717, 1.165) is 49.8 Å². The van der Waals surface area contributed by atoms with Gasteiger partial charge >= 0.3 is 0 Å². The van der Waals surface area contributed by atoms with E-state index in [1.165, 1.54) is 29.3 Å². The zero-order valence-corrected chi connectivity index (χ0v) is 23.9. The summed E-state index contributed by atoms with van der Waals surface area (Å²) in [6, 6.07) is 19.2. The lowest BCUT2D eigenvalue weighted by Gasteiger charge is -2.39. The maximum absolute atomic E-state index is 13.4. The number of hydrogen-bond donors (Lipinski definition) is 2. The number of rotatable bonds is 9. The first kappa shape index (κ1) is 26.8. The number of H-pyrrole nitrogens is 1. The third-order valence-corrected chi connectivity index (χ3v) is 9.10. The second-order valence-electron chi connectivity index (χ2n) is 12.1. The molecule has 2 bridgehead atoms. The van der Waals surface area contributed by atoms with Crippen LogP contribution in [0.5, 0.6) is 0 Å². The van der Waals surface area contributed by atoms with Crippen molar-refractivity contribution in [3.05, 3.63) is 82.3 Å². The van der Waals surface area contributed by atoms with Crippen LogP contribution in [0.2, 0.25) is 0 Å². The molecule has 7 nitrogen and oxygen atoms in total. The standard InChI is InChI=1S/C33H41N5O2/c1-22(2)38-31-11-7-4-8-23(31)18-29(33(38)40)32(39)35-25-19-26-12-13-27(20-25)37(26)17-16-36(3)15-14-24-21-34-30-10-6-5-9-28(24)30/h4-11,18,21-22,25-27,34H,12-17,19-20H2,1-3H3,(H,35,39)/t25?,26-,27+. The Balaban J connectivity index is 1.05. The number of aromatic amines is 1. The number of nitrogens with zero attached hydrogens (tertiary/aromatic N) is 3. The summed E-state index contributed by atoms with van der Waals surface area (Å²) in [4.78, 5) is 35.2. The number of fused-ring (bicyclic) bond motifs is 4. The van der Waals surface area contributed by atoms with E-state index in [0.29, 0.717) is 12.1 Å². The normalized spacial score (nSPS) is 21.2. The molecule has 2 aromatic carbocycles. The van der Waals surface area contributed by atoms with Gasteiger partial charge in [-0.25, -0.2) is 0 Å². The summed E-state index contributed by atoms with van der Waals surface area (Å²) in [7, 11) is 2.22. The average molecular weight is 540 g/mol. The van der Waals surface area contributed by atoms with E-state index in [-0.39, 0.29) is 29.1 Å². The second kappa shape index (κ2) is 11.2. The molecule has 40 heavy (non-hydrogen) atoms. The van der Waals surface area contributed by atoms with Gasteiger partial charge < -0.3 is 19.8 Å². The summed E-state index contributed by atoms with van der Waals surface area (Å²) in [6.07, 6.45) is 7.46. The predicted molar refractivity (Wildman–Crippen MR) is 162 cm³/mol. The van der Waals surface area contributed by atoms with Gasteiger partial charge in [0.1, 0.15) is 5.56 Å². The van der Waals surface area contributed by atoms with Gasteiger partial charge in [-0.2, -0.15) is 0 Å². The van der Waals surface area contributed by atoms with Crippen molar-refractivity contribution in [3.63, 3.8) is 0 Å². The van der Waals surface area contributed by atoms with Crippen LogP contribution in [0.3, 0.4) is 0 Å². The van der Waals surface area contributed by atoms with Crippen LogP contribution in [-0.4, -0.2) is 70.1 Å². The Kier molecular flexibility index (Phi) is 7.51. The van der Waals surface area contributed by atoms with Crippen LogP contribution in [-0.2, 0) is 6.42 Å². The van der Waals surface area contributed by atoms with Gasteiger partial charge in [-0.15, -0.1) is 0 Å². The number of hydrogen-bond acceptors (Lipinski definition) is 4. The van der Waals surface area contributed by atoms with Crippen LogP contribution < -0.4 is 10.9 Å². The molecule has 4 heterocycles. The third-order valence-electron chi connectivity index (χ3n) is 9.10. The molecule has 3 atom stereocenters. The first-order chi connectivity index (χ1) is 19.4. The molecule has 1 amide bonds. The molecule has 0 aliphatic carbocycles. The Morgan fingerprint density at radius 1 is 1.05 bits per heavy atom. The number of likely N-dealkylation sites (N-methyl/N-ethyl adjacent to an activating group) is 1. The quantitative estimate of drug-likeness (QED) is 0.315. The number of carbonyl (C=O) groups is 1. The van der Waals surface area contributed by atoms with Crippen LogP contribution in [0.1, 0.15) is 61.5 Å². The molecular weight excluding hydrogens is 498 g/mol. The van der Waals surface area contributed by atoms with Gasteiger partial charge in [-0.3, -0.25) is 14.5 Å². The summed E-state index contributed by atoms with van der Waals surface area (Å²) in [5.74, 6) is -0.236. The van der Waals surface area contributed by atoms with Crippen LogP contribution in [0.15, 0.2) is 65.6 Å². The Hall–Kier alpha value is -3.42. The minimum absolute atomic E-state index is 0.0234. The molecule has 2 aliphatic heterocycles. The summed E-state index contributed by atoms with van der Waals surface area (Å²) in [6.45, 7) is 7.11. The topological polar surface area (TPSA) is 73.4 Å². The molecular formula is C33H41N5O2. The van der Waals surface area contributed by atoms with E-state index in [1.807, 2.05) is 38.1 Å². The van der Waals surface area contributed by atoms with E-state index in [1.54, 1.807) is 10.6 Å². The highest BCUT2D eigenvalue weighted by Crippen LogP contribution is 2.35. The molecule has 0 saturated carbocycles. The number of benzene rings is 2. The maximum atomic E-state index is 13.4. The van der Waals surface area contributed by atoms with Gasteiger partial charge in [0.25, 0.3) is 11.5 Å². The van der Waals surface area contributed by atoms with E-state index >= 15 is 0 Å². The van der Waals surface area contributed by atoms with Crippen LogP contribution in [0.4, 0.5) is 0 Å². The first-order valence-corrected chi connectivity index (χ1v) is 14.8. The molecule has 210 valence electrons. The fourth-order valence-electron chi connectivity index (χ4n) is 7.03. The van der Waals surface area contributed by atoms with Crippen molar-refractivity contribution in [1.82, 2.24) is 24.7 Å². The summed E-state index contributed by atoms with van der Waals surface area (Å²) >= 11 is 0. The number of aromatic nitrogens is 2. The molecule has 7 heteroatoms. The monoisotopic (exact) mass is 539 g/mol. The van der Waals surface area contributed by atoms with E-state index in [4.69, 9.17) is 0 Å². The SMILES string of the molecule is CC(C)n1c(=O)c(C(=O)NC2C[C@H]3CC[C@@H](C2)N3CCN(C)CCc2c[nH]c3ccccc23)cc2ccccc21. The molecule has 1 unspecified atom stereocenters. The zero-order valence-electron chi connectivity index (χ0n) is 23.9. The molecule has 2 fully saturated rings. The van der Waals surface area contributed by atoms with Gasteiger partial charge in [0.05, 0.1) is 5.52 Å². The fourth-order valence-corrected chi connectivity index (χ4v) is 7.03. The van der Waals surface area contributed by atoms with E-state index in [2.05, 4.69) is 57.6 Å². The number of para-hydroxylation sites is 2. The van der Waals surface area contributed by atoms with Gasteiger partial charge in [0, 0.05) is 60.9 Å². The molecule has 6 rings (SSSR count). The molecule has 2 aliphatic rings. The van der Waals surface area contributed by atoms with Crippen LogP contribution in [0.25, 0.3) is 21.8 Å². The molecule has 2 N–H and O–H groups in total. The smallest absolute Gasteiger partial charge is 0.264 e. The highest BCUT2D eigenvalue weighted by Gasteiger charge is 2.41. The van der Waals surface area contributed by atoms with Crippen LogP contribution in [0, 0.1) is 0 Å². The Labute approximate surface area is 236 Å². The number of piperidine rings is 1. The number of nitrogens with one attached hydrogen (secondary N) is 2. The van der Waals surface area contributed by atoms with Gasteiger partial charge in [0.2, 0.25) is 0 Å². The number of amides is 1. The minimum Gasteiger partial charge on any atom is -0.361 e. The second-order valence-corrected chi connectivity index (χ2v) is 12.1. The maximum Gasteiger partial charge on any atom is 0.264 e. The predicted octanol–water partition coefficient (Wildman–Crippen LogP) is 4.96. The van der Waals surface area contributed by atoms with Crippen LogP contribution >= 0.6 is 0 Å². The number of carbonyl (C=O) groups excluding carboxylic acids is 1. The molecule has 0 spiro atoms. The lowest BCUT2D eigenvalue weighted by molar-refractivity contribution is 0.0820. The van der Waals surface area contributed by atoms with E-state index < -0.39 is 0 Å².